The quantitative estimate of drug-likeness (QED) is 0.828. The van der Waals surface area contributed by atoms with E-state index in [4.69, 9.17) is 18.0 Å². The molecule has 5 heteroatoms. The van der Waals surface area contributed by atoms with Crippen molar-refractivity contribution < 1.29 is 4.39 Å². The van der Waals surface area contributed by atoms with Crippen molar-refractivity contribution in [3.63, 3.8) is 0 Å². The molecule has 0 saturated heterocycles. The molecule has 0 amide bonds. The summed E-state index contributed by atoms with van der Waals surface area (Å²) < 4.78 is 13.6. The van der Waals surface area contributed by atoms with Crippen molar-refractivity contribution in [3.05, 3.63) is 57.5 Å². The molecule has 2 rings (SSSR count). The van der Waals surface area contributed by atoms with Gasteiger partial charge in [-0.3, -0.25) is 4.90 Å². The van der Waals surface area contributed by atoms with Crippen LogP contribution in [0.3, 0.4) is 0 Å². The first-order valence-electron chi connectivity index (χ1n) is 6.43. The Bertz CT molecular complexity index is 582. The third-order valence-corrected chi connectivity index (χ3v) is 4.19. The number of nitrogens with two attached hydrogens (primary N) is 1. The lowest BCUT2D eigenvalue weighted by Gasteiger charge is -2.20. The van der Waals surface area contributed by atoms with Gasteiger partial charge < -0.3 is 5.73 Å². The van der Waals surface area contributed by atoms with Crippen molar-refractivity contribution >= 4 is 28.5 Å². The van der Waals surface area contributed by atoms with Crippen LogP contribution in [0.5, 0.6) is 0 Å². The predicted octanol–water partition coefficient (Wildman–Crippen LogP) is 3.54. The number of hydrogen-bond acceptors (Lipinski definition) is 3. The monoisotopic (exact) mass is 308 g/mol. The Morgan fingerprint density at radius 1 is 1.35 bits per heavy atom. The molecule has 1 heterocycles. The van der Waals surface area contributed by atoms with Gasteiger partial charge in [-0.15, -0.1) is 11.3 Å². The van der Waals surface area contributed by atoms with Crippen LogP contribution in [0, 0.1) is 5.82 Å². The molecule has 0 fully saturated rings. The molecular weight excluding hydrogens is 291 g/mol. The first kappa shape index (κ1) is 15.1. The molecule has 20 heavy (non-hydrogen) atoms. The Labute approximate surface area is 128 Å². The van der Waals surface area contributed by atoms with Gasteiger partial charge in [-0.1, -0.05) is 31.3 Å². The molecule has 106 valence electrons. The Morgan fingerprint density at radius 3 is 2.75 bits per heavy atom. The molecule has 0 unspecified atom stereocenters. The summed E-state index contributed by atoms with van der Waals surface area (Å²) in [5.74, 6) is -0.359. The molecule has 0 aliphatic carbocycles. The van der Waals surface area contributed by atoms with Gasteiger partial charge in [-0.25, -0.2) is 4.39 Å². The second-order valence-electron chi connectivity index (χ2n) is 4.56. The van der Waals surface area contributed by atoms with Gasteiger partial charge in [0, 0.05) is 23.5 Å². The Kier molecular flexibility index (Phi) is 5.23. The fourth-order valence-corrected chi connectivity index (χ4v) is 2.92. The fourth-order valence-electron chi connectivity index (χ4n) is 2.02. The van der Waals surface area contributed by atoms with Crippen LogP contribution in [0.4, 0.5) is 4.39 Å². The average Bonchev–Trinajstić information content (AvgIpc) is 2.92. The van der Waals surface area contributed by atoms with Crippen molar-refractivity contribution in [1.82, 2.24) is 4.90 Å². The minimum Gasteiger partial charge on any atom is -0.389 e. The van der Waals surface area contributed by atoms with Crippen LogP contribution in [-0.4, -0.2) is 16.4 Å². The summed E-state index contributed by atoms with van der Waals surface area (Å²) in [4.78, 5) is 3.72. The van der Waals surface area contributed by atoms with Crippen LogP contribution in [0.2, 0.25) is 0 Å². The van der Waals surface area contributed by atoms with Gasteiger partial charge in [0.1, 0.15) is 10.8 Å². The summed E-state index contributed by atoms with van der Waals surface area (Å²) in [5, 5.41) is 2.08. The molecule has 0 aliphatic heterocycles. The molecule has 0 spiro atoms. The number of rotatable bonds is 6. The van der Waals surface area contributed by atoms with Gasteiger partial charge >= 0.3 is 0 Å². The standard InChI is InChI=1S/C15H17FN2S2/c1-2-18(10-12-4-3-7-20-12)9-11-5-6-14(16)13(8-11)15(17)19/h3-8H,2,9-10H2,1H3,(H2,17,19). The molecule has 1 aromatic carbocycles. The number of nitrogens with zero attached hydrogens (tertiary/aromatic N) is 1. The minimum absolute atomic E-state index is 0.102. The zero-order valence-electron chi connectivity index (χ0n) is 11.3. The largest absolute Gasteiger partial charge is 0.389 e. The summed E-state index contributed by atoms with van der Waals surface area (Å²) in [6, 6.07) is 9.14. The Morgan fingerprint density at radius 2 is 2.15 bits per heavy atom. The fraction of sp³-hybridized carbons (Fsp3) is 0.267. The van der Waals surface area contributed by atoms with Crippen LogP contribution >= 0.6 is 23.6 Å². The Hall–Kier alpha value is -1.30. The highest BCUT2D eigenvalue weighted by atomic mass is 32.1. The van der Waals surface area contributed by atoms with Crippen LogP contribution in [0.1, 0.15) is 22.9 Å². The molecule has 2 nitrogen and oxygen atoms in total. The van der Waals surface area contributed by atoms with Crippen molar-refractivity contribution in [2.75, 3.05) is 6.54 Å². The summed E-state index contributed by atoms with van der Waals surface area (Å²) in [7, 11) is 0. The van der Waals surface area contributed by atoms with E-state index in [-0.39, 0.29) is 10.8 Å². The molecule has 1 aromatic heterocycles. The zero-order chi connectivity index (χ0) is 14.5. The molecule has 2 N–H and O–H groups in total. The van der Waals surface area contributed by atoms with Crippen LogP contribution < -0.4 is 5.73 Å². The van der Waals surface area contributed by atoms with Gasteiger partial charge in [0.15, 0.2) is 0 Å². The third kappa shape index (κ3) is 3.85. The third-order valence-electron chi connectivity index (χ3n) is 3.11. The van der Waals surface area contributed by atoms with Gasteiger partial charge in [-0.05, 0) is 35.7 Å². The molecule has 0 atom stereocenters. The lowest BCUT2D eigenvalue weighted by molar-refractivity contribution is 0.274. The highest BCUT2D eigenvalue weighted by Gasteiger charge is 2.10. The second-order valence-corrected chi connectivity index (χ2v) is 6.03. The Balaban J connectivity index is 2.11. The maximum atomic E-state index is 13.6. The van der Waals surface area contributed by atoms with Gasteiger partial charge in [0.05, 0.1) is 0 Å². The summed E-state index contributed by atoms with van der Waals surface area (Å²) in [6.07, 6.45) is 0. The lowest BCUT2D eigenvalue weighted by atomic mass is 10.1. The van der Waals surface area contributed by atoms with Crippen molar-refractivity contribution in [2.45, 2.75) is 20.0 Å². The summed E-state index contributed by atoms with van der Waals surface area (Å²) in [6.45, 7) is 4.70. The van der Waals surface area contributed by atoms with Crippen molar-refractivity contribution in [2.24, 2.45) is 5.73 Å². The van der Waals surface area contributed by atoms with Gasteiger partial charge in [0.2, 0.25) is 0 Å². The van der Waals surface area contributed by atoms with E-state index in [0.29, 0.717) is 5.56 Å². The molecule has 0 saturated carbocycles. The highest BCUT2D eigenvalue weighted by Crippen LogP contribution is 2.16. The maximum absolute atomic E-state index is 13.6. The topological polar surface area (TPSA) is 29.3 Å². The lowest BCUT2D eigenvalue weighted by Crippen LogP contribution is -2.22. The van der Waals surface area contributed by atoms with E-state index >= 15 is 0 Å². The van der Waals surface area contributed by atoms with Crippen molar-refractivity contribution in [3.8, 4) is 0 Å². The zero-order valence-corrected chi connectivity index (χ0v) is 12.9. The number of thiophene rings is 1. The van der Waals surface area contributed by atoms with E-state index in [1.165, 1.54) is 10.9 Å². The van der Waals surface area contributed by atoms with E-state index in [9.17, 15) is 4.39 Å². The number of thiocarbonyl (C=S) groups is 1. The first-order chi connectivity index (χ1) is 9.60. The number of halogens is 1. The first-order valence-corrected chi connectivity index (χ1v) is 7.72. The van der Waals surface area contributed by atoms with E-state index in [0.717, 1.165) is 25.2 Å². The predicted molar refractivity (Wildman–Crippen MR) is 86.4 cm³/mol. The van der Waals surface area contributed by atoms with E-state index in [2.05, 4.69) is 29.3 Å². The van der Waals surface area contributed by atoms with Gasteiger partial charge in [-0.2, -0.15) is 0 Å². The van der Waals surface area contributed by atoms with Crippen LogP contribution in [0.25, 0.3) is 0 Å². The average molecular weight is 308 g/mol. The highest BCUT2D eigenvalue weighted by molar-refractivity contribution is 7.80. The molecular formula is C15H17FN2S2. The molecule has 2 aromatic rings. The summed E-state index contributed by atoms with van der Waals surface area (Å²) >= 11 is 6.62. The van der Waals surface area contributed by atoms with Crippen molar-refractivity contribution in [1.29, 1.82) is 0 Å². The number of benzene rings is 1. The smallest absolute Gasteiger partial charge is 0.133 e. The van der Waals surface area contributed by atoms with Crippen LogP contribution in [0.15, 0.2) is 35.7 Å². The minimum atomic E-state index is -0.359. The normalized spacial score (nSPS) is 10.9. The number of hydrogen-bond donors (Lipinski definition) is 1. The second kappa shape index (κ2) is 6.92. The van der Waals surface area contributed by atoms with E-state index in [1.807, 2.05) is 0 Å². The summed E-state index contributed by atoms with van der Waals surface area (Å²) in [5.41, 5.74) is 6.88. The van der Waals surface area contributed by atoms with Crippen LogP contribution in [-0.2, 0) is 13.1 Å². The van der Waals surface area contributed by atoms with E-state index < -0.39 is 0 Å². The molecule has 0 aliphatic rings. The maximum Gasteiger partial charge on any atom is 0.133 e. The SMILES string of the molecule is CCN(Cc1ccc(F)c(C(N)=S)c1)Cc1cccs1. The van der Waals surface area contributed by atoms with Gasteiger partial charge in [0.25, 0.3) is 0 Å². The van der Waals surface area contributed by atoms with E-state index in [1.54, 1.807) is 23.5 Å². The molecule has 0 radical (unpaired) electrons. The molecule has 0 bridgehead atoms.